The number of nitro groups is 2. The number of benzene rings is 1. The Hall–Kier alpha value is -2.22. The third kappa shape index (κ3) is 4.51. The summed E-state index contributed by atoms with van der Waals surface area (Å²) in [6.45, 7) is 1.11. The second-order valence-electron chi connectivity index (χ2n) is 4.17. The molecule has 8 nitrogen and oxygen atoms in total. The molecular formula is C11H15N3O5. The van der Waals surface area contributed by atoms with Crippen LogP contribution in [0.5, 0.6) is 5.75 Å². The predicted octanol–water partition coefficient (Wildman–Crippen LogP) is 1.83. The van der Waals surface area contributed by atoms with E-state index in [2.05, 4.69) is 0 Å². The van der Waals surface area contributed by atoms with E-state index in [0.717, 1.165) is 12.6 Å². The fraction of sp³-hybridized carbons (Fsp3) is 0.455. The van der Waals surface area contributed by atoms with Gasteiger partial charge in [-0.25, -0.2) is 0 Å². The van der Waals surface area contributed by atoms with Gasteiger partial charge in [0.25, 0.3) is 5.69 Å². The van der Waals surface area contributed by atoms with Gasteiger partial charge in [-0.05, 0) is 26.6 Å². The van der Waals surface area contributed by atoms with Gasteiger partial charge >= 0.3 is 5.69 Å². The van der Waals surface area contributed by atoms with E-state index in [1.807, 2.05) is 19.0 Å². The van der Waals surface area contributed by atoms with Crippen molar-refractivity contribution in [1.29, 1.82) is 0 Å². The van der Waals surface area contributed by atoms with Gasteiger partial charge in [0.2, 0.25) is 0 Å². The van der Waals surface area contributed by atoms with Gasteiger partial charge in [-0.2, -0.15) is 0 Å². The molecule has 0 atom stereocenters. The van der Waals surface area contributed by atoms with Crippen molar-refractivity contribution in [3.05, 3.63) is 38.4 Å². The third-order valence-corrected chi connectivity index (χ3v) is 2.36. The Morgan fingerprint density at radius 2 is 1.89 bits per heavy atom. The molecule has 1 rings (SSSR count). The first kappa shape index (κ1) is 14.8. The van der Waals surface area contributed by atoms with Crippen LogP contribution in [0.15, 0.2) is 18.2 Å². The van der Waals surface area contributed by atoms with Crippen LogP contribution in [-0.4, -0.2) is 42.0 Å². The minimum absolute atomic E-state index is 0.0503. The molecule has 19 heavy (non-hydrogen) atoms. The molecule has 8 heteroatoms. The summed E-state index contributed by atoms with van der Waals surface area (Å²) in [7, 11) is 3.82. The zero-order valence-corrected chi connectivity index (χ0v) is 10.7. The number of nitro benzene ring substituents is 2. The smallest absolute Gasteiger partial charge is 0.317 e. The molecule has 0 radical (unpaired) electrons. The van der Waals surface area contributed by atoms with E-state index in [-0.39, 0.29) is 17.1 Å². The minimum Gasteiger partial charge on any atom is -0.487 e. The molecule has 0 aliphatic rings. The summed E-state index contributed by atoms with van der Waals surface area (Å²) in [5, 5.41) is 21.4. The van der Waals surface area contributed by atoms with Crippen molar-refractivity contribution < 1.29 is 14.6 Å². The summed E-state index contributed by atoms with van der Waals surface area (Å²) in [6.07, 6.45) is 0.709. The normalized spacial score (nSPS) is 10.5. The van der Waals surface area contributed by atoms with Gasteiger partial charge in [0.1, 0.15) is 0 Å². The summed E-state index contributed by atoms with van der Waals surface area (Å²) >= 11 is 0. The summed E-state index contributed by atoms with van der Waals surface area (Å²) in [6, 6.07) is 3.35. The molecule has 0 saturated carbocycles. The van der Waals surface area contributed by atoms with E-state index in [4.69, 9.17) is 4.74 Å². The second kappa shape index (κ2) is 6.64. The molecule has 0 heterocycles. The Bertz CT molecular complexity index is 475. The predicted molar refractivity (Wildman–Crippen MR) is 68.4 cm³/mol. The first-order valence-electron chi connectivity index (χ1n) is 5.62. The molecule has 0 aromatic heterocycles. The topological polar surface area (TPSA) is 98.8 Å². The highest BCUT2D eigenvalue weighted by Gasteiger charge is 2.20. The van der Waals surface area contributed by atoms with Crippen LogP contribution in [0.1, 0.15) is 6.42 Å². The number of rotatable bonds is 7. The summed E-state index contributed by atoms with van der Waals surface area (Å²) in [5.41, 5.74) is -0.716. The average Bonchev–Trinajstić information content (AvgIpc) is 2.34. The Morgan fingerprint density at radius 1 is 1.21 bits per heavy atom. The van der Waals surface area contributed by atoms with E-state index in [0.29, 0.717) is 13.0 Å². The van der Waals surface area contributed by atoms with E-state index < -0.39 is 9.85 Å². The molecule has 0 bridgehead atoms. The molecule has 0 N–H and O–H groups in total. The van der Waals surface area contributed by atoms with Gasteiger partial charge in [-0.15, -0.1) is 0 Å². The number of hydrogen-bond acceptors (Lipinski definition) is 6. The van der Waals surface area contributed by atoms with Gasteiger partial charge in [-0.1, -0.05) is 0 Å². The molecule has 0 spiro atoms. The van der Waals surface area contributed by atoms with E-state index in [1.165, 1.54) is 12.1 Å². The van der Waals surface area contributed by atoms with Crippen LogP contribution in [0.25, 0.3) is 0 Å². The second-order valence-corrected chi connectivity index (χ2v) is 4.17. The molecule has 1 aromatic carbocycles. The van der Waals surface area contributed by atoms with Gasteiger partial charge in [-0.3, -0.25) is 20.2 Å². The number of hydrogen-bond donors (Lipinski definition) is 0. The molecule has 0 fully saturated rings. The molecule has 1 aromatic rings. The number of nitrogens with zero attached hydrogens (tertiary/aromatic N) is 3. The van der Waals surface area contributed by atoms with Crippen molar-refractivity contribution >= 4 is 11.4 Å². The highest BCUT2D eigenvalue weighted by molar-refractivity contribution is 5.53. The Balaban J connectivity index is 2.77. The number of non-ortho nitro benzene ring substituents is 1. The highest BCUT2D eigenvalue weighted by Crippen LogP contribution is 2.30. The van der Waals surface area contributed by atoms with Crippen molar-refractivity contribution in [3.8, 4) is 5.75 Å². The molecule has 0 aliphatic heterocycles. The molecule has 0 saturated heterocycles. The van der Waals surface area contributed by atoms with Gasteiger partial charge in [0.05, 0.1) is 22.5 Å². The van der Waals surface area contributed by atoms with E-state index >= 15 is 0 Å². The van der Waals surface area contributed by atoms with Crippen LogP contribution in [0.2, 0.25) is 0 Å². The lowest BCUT2D eigenvalue weighted by Gasteiger charge is -2.10. The zero-order chi connectivity index (χ0) is 14.4. The maximum absolute atomic E-state index is 10.8. The molecular weight excluding hydrogens is 254 g/mol. The standard InChI is InChI=1S/C11H15N3O5/c1-12(2)6-3-7-19-11-5-4-9(13(15)16)8-10(11)14(17)18/h4-5,8H,3,6-7H2,1-2H3. The van der Waals surface area contributed by atoms with Gasteiger partial charge in [0.15, 0.2) is 5.75 Å². The maximum atomic E-state index is 10.8. The van der Waals surface area contributed by atoms with E-state index in [1.54, 1.807) is 0 Å². The van der Waals surface area contributed by atoms with Gasteiger partial charge < -0.3 is 9.64 Å². The lowest BCUT2D eigenvalue weighted by atomic mass is 10.2. The van der Waals surface area contributed by atoms with E-state index in [9.17, 15) is 20.2 Å². The lowest BCUT2D eigenvalue weighted by molar-refractivity contribution is -0.394. The molecule has 104 valence electrons. The maximum Gasteiger partial charge on any atom is 0.317 e. The van der Waals surface area contributed by atoms with Crippen molar-refractivity contribution in [3.63, 3.8) is 0 Å². The highest BCUT2D eigenvalue weighted by atomic mass is 16.6. The van der Waals surface area contributed by atoms with Crippen LogP contribution in [0.3, 0.4) is 0 Å². The Kier molecular flexibility index (Phi) is 5.19. The fourth-order valence-corrected chi connectivity index (χ4v) is 1.45. The first-order chi connectivity index (χ1) is 8.91. The molecule has 0 aliphatic carbocycles. The minimum atomic E-state index is -0.686. The average molecular weight is 269 g/mol. The van der Waals surface area contributed by atoms with Crippen LogP contribution >= 0.6 is 0 Å². The number of ether oxygens (including phenoxy) is 1. The summed E-state index contributed by atoms with van der Waals surface area (Å²) in [5.74, 6) is 0.0503. The van der Waals surface area contributed by atoms with Crippen molar-refractivity contribution in [1.82, 2.24) is 4.90 Å². The Labute approximate surface area is 109 Å². The molecule has 0 amide bonds. The van der Waals surface area contributed by atoms with Crippen LogP contribution in [0, 0.1) is 20.2 Å². The lowest BCUT2D eigenvalue weighted by Crippen LogP contribution is -2.15. The SMILES string of the molecule is CN(C)CCCOc1ccc([N+](=O)[O-])cc1[N+](=O)[O-]. The van der Waals surface area contributed by atoms with Crippen molar-refractivity contribution in [2.75, 3.05) is 27.2 Å². The van der Waals surface area contributed by atoms with Crippen LogP contribution in [-0.2, 0) is 0 Å². The summed E-state index contributed by atoms with van der Waals surface area (Å²) < 4.78 is 5.29. The monoisotopic (exact) mass is 269 g/mol. The largest absolute Gasteiger partial charge is 0.487 e. The Morgan fingerprint density at radius 3 is 2.42 bits per heavy atom. The fourth-order valence-electron chi connectivity index (χ4n) is 1.45. The zero-order valence-electron chi connectivity index (χ0n) is 10.7. The summed E-state index contributed by atoms with van der Waals surface area (Å²) in [4.78, 5) is 22.0. The molecule has 0 unspecified atom stereocenters. The quantitative estimate of drug-likeness (QED) is 0.425. The first-order valence-corrected chi connectivity index (χ1v) is 5.62. The van der Waals surface area contributed by atoms with Crippen LogP contribution < -0.4 is 4.74 Å². The van der Waals surface area contributed by atoms with Crippen LogP contribution in [0.4, 0.5) is 11.4 Å². The van der Waals surface area contributed by atoms with Crippen molar-refractivity contribution in [2.24, 2.45) is 0 Å². The third-order valence-electron chi connectivity index (χ3n) is 2.36. The van der Waals surface area contributed by atoms with Crippen molar-refractivity contribution in [2.45, 2.75) is 6.42 Å². The van der Waals surface area contributed by atoms with Gasteiger partial charge in [0, 0.05) is 12.6 Å².